The lowest BCUT2D eigenvalue weighted by atomic mass is 9.87. The largest absolute Gasteiger partial charge is 0.497 e. The monoisotopic (exact) mass is 281 g/mol. The maximum Gasteiger partial charge on any atom is 0.118 e. The molecule has 0 spiro atoms. The Hall–Kier alpha value is -1.80. The van der Waals surface area contributed by atoms with Gasteiger partial charge in [-0.15, -0.1) is 0 Å². The van der Waals surface area contributed by atoms with Gasteiger partial charge in [0.25, 0.3) is 0 Å². The Balaban J connectivity index is 1.74. The lowest BCUT2D eigenvalue weighted by Gasteiger charge is -2.29. The van der Waals surface area contributed by atoms with Crippen molar-refractivity contribution in [3.05, 3.63) is 65.2 Å². The zero-order valence-corrected chi connectivity index (χ0v) is 12.8. The van der Waals surface area contributed by atoms with Crippen LogP contribution in [0.4, 0.5) is 0 Å². The average molecular weight is 281 g/mol. The first-order valence-corrected chi connectivity index (χ1v) is 7.75. The summed E-state index contributed by atoms with van der Waals surface area (Å²) in [4.78, 5) is 0. The minimum Gasteiger partial charge on any atom is -0.497 e. The second-order valence-corrected chi connectivity index (χ2v) is 5.81. The van der Waals surface area contributed by atoms with Crippen LogP contribution in [0.3, 0.4) is 0 Å². The van der Waals surface area contributed by atoms with Crippen LogP contribution in [0.25, 0.3) is 0 Å². The molecule has 1 unspecified atom stereocenters. The fourth-order valence-electron chi connectivity index (χ4n) is 3.22. The molecule has 1 N–H and O–H groups in total. The molecule has 0 aliphatic heterocycles. The summed E-state index contributed by atoms with van der Waals surface area (Å²) in [5.74, 6) is 0.911. The van der Waals surface area contributed by atoms with Crippen molar-refractivity contribution in [3.8, 4) is 5.75 Å². The highest BCUT2D eigenvalue weighted by molar-refractivity contribution is 5.33. The first-order valence-electron chi connectivity index (χ1n) is 7.75. The number of aryl methyl sites for hydroxylation is 1. The number of hydrogen-bond donors (Lipinski definition) is 1. The minimum absolute atomic E-state index is 0.340. The van der Waals surface area contributed by atoms with Gasteiger partial charge in [0.15, 0.2) is 0 Å². The van der Waals surface area contributed by atoms with Crippen LogP contribution in [0, 0.1) is 0 Å². The lowest BCUT2D eigenvalue weighted by molar-refractivity contribution is 0.409. The van der Waals surface area contributed by atoms with Gasteiger partial charge in [0, 0.05) is 12.1 Å². The molecule has 21 heavy (non-hydrogen) atoms. The maximum atomic E-state index is 5.22. The molecule has 2 atom stereocenters. The van der Waals surface area contributed by atoms with Gasteiger partial charge in [-0.25, -0.2) is 0 Å². The number of nitrogens with one attached hydrogen (secondary N) is 1. The molecule has 0 saturated heterocycles. The van der Waals surface area contributed by atoms with E-state index in [0.717, 1.165) is 5.75 Å². The van der Waals surface area contributed by atoms with Crippen molar-refractivity contribution in [3.63, 3.8) is 0 Å². The molecular formula is C19H23NO. The number of rotatable bonds is 4. The van der Waals surface area contributed by atoms with Gasteiger partial charge in [-0.3, -0.25) is 0 Å². The van der Waals surface area contributed by atoms with Crippen LogP contribution in [0.2, 0.25) is 0 Å². The number of ether oxygens (including phenoxy) is 1. The fraction of sp³-hybridized carbons (Fsp3) is 0.368. The van der Waals surface area contributed by atoms with Crippen LogP contribution in [-0.4, -0.2) is 7.11 Å². The molecule has 2 nitrogen and oxygen atoms in total. The minimum atomic E-state index is 0.340. The van der Waals surface area contributed by atoms with Gasteiger partial charge in [0.05, 0.1) is 7.11 Å². The standard InChI is InChI=1S/C19H23NO/c1-14(15-10-12-17(21-2)13-11-15)20-19-9-5-7-16-6-3-4-8-18(16)19/h3-4,6,8,10-14,19-20H,5,7,9H2,1-2H3/t14-,19?/m1/s1. The molecule has 0 radical (unpaired) electrons. The third-order valence-electron chi connectivity index (χ3n) is 4.44. The van der Waals surface area contributed by atoms with E-state index in [-0.39, 0.29) is 0 Å². The third kappa shape index (κ3) is 3.11. The quantitative estimate of drug-likeness (QED) is 0.895. The smallest absolute Gasteiger partial charge is 0.118 e. The molecule has 110 valence electrons. The van der Waals surface area contributed by atoms with Crippen LogP contribution in [-0.2, 0) is 6.42 Å². The maximum absolute atomic E-state index is 5.22. The first-order chi connectivity index (χ1) is 10.3. The van der Waals surface area contributed by atoms with Crippen LogP contribution >= 0.6 is 0 Å². The van der Waals surface area contributed by atoms with Crippen molar-refractivity contribution in [1.29, 1.82) is 0 Å². The van der Waals surface area contributed by atoms with Crippen molar-refractivity contribution in [2.24, 2.45) is 0 Å². The summed E-state index contributed by atoms with van der Waals surface area (Å²) < 4.78 is 5.22. The van der Waals surface area contributed by atoms with Gasteiger partial charge < -0.3 is 10.1 Å². The zero-order chi connectivity index (χ0) is 14.7. The van der Waals surface area contributed by atoms with Gasteiger partial charge in [0.2, 0.25) is 0 Å². The van der Waals surface area contributed by atoms with E-state index < -0.39 is 0 Å². The van der Waals surface area contributed by atoms with Gasteiger partial charge in [-0.2, -0.15) is 0 Å². The van der Waals surface area contributed by atoms with E-state index in [9.17, 15) is 0 Å². The van der Waals surface area contributed by atoms with E-state index in [1.807, 2.05) is 12.1 Å². The molecule has 2 heteroatoms. The summed E-state index contributed by atoms with van der Waals surface area (Å²) >= 11 is 0. The second-order valence-electron chi connectivity index (χ2n) is 5.81. The molecule has 0 aromatic heterocycles. The molecule has 3 rings (SSSR count). The van der Waals surface area contributed by atoms with Crippen LogP contribution in [0.5, 0.6) is 5.75 Å². The van der Waals surface area contributed by atoms with Gasteiger partial charge >= 0.3 is 0 Å². The Morgan fingerprint density at radius 2 is 1.86 bits per heavy atom. The summed E-state index contributed by atoms with van der Waals surface area (Å²) in [5, 5.41) is 3.79. The predicted octanol–water partition coefficient (Wildman–Crippen LogP) is 4.42. The fourth-order valence-corrected chi connectivity index (χ4v) is 3.22. The molecular weight excluding hydrogens is 258 g/mol. The van der Waals surface area contributed by atoms with E-state index in [0.29, 0.717) is 12.1 Å². The molecule has 0 fully saturated rings. The van der Waals surface area contributed by atoms with E-state index in [2.05, 4.69) is 48.6 Å². The van der Waals surface area contributed by atoms with Crippen molar-refractivity contribution in [1.82, 2.24) is 5.32 Å². The second kappa shape index (κ2) is 6.31. The summed E-state index contributed by atoms with van der Waals surface area (Å²) in [6, 6.07) is 18.0. The van der Waals surface area contributed by atoms with Gasteiger partial charge in [-0.05, 0) is 55.0 Å². The third-order valence-corrected chi connectivity index (χ3v) is 4.44. The molecule has 2 aromatic rings. The molecule has 0 amide bonds. The molecule has 0 saturated carbocycles. The molecule has 0 heterocycles. The molecule has 1 aliphatic carbocycles. The van der Waals surface area contributed by atoms with E-state index in [1.54, 1.807) is 7.11 Å². The van der Waals surface area contributed by atoms with Crippen molar-refractivity contribution in [2.75, 3.05) is 7.11 Å². The Kier molecular flexibility index (Phi) is 4.26. The van der Waals surface area contributed by atoms with E-state index in [1.165, 1.54) is 36.0 Å². The summed E-state index contributed by atoms with van der Waals surface area (Å²) in [6.07, 6.45) is 3.70. The van der Waals surface area contributed by atoms with Gasteiger partial charge in [-0.1, -0.05) is 36.4 Å². The zero-order valence-electron chi connectivity index (χ0n) is 12.8. The Bertz CT molecular complexity index is 591. The summed E-state index contributed by atoms with van der Waals surface area (Å²) in [5.41, 5.74) is 4.28. The topological polar surface area (TPSA) is 21.3 Å². The van der Waals surface area contributed by atoms with Crippen LogP contribution in [0.1, 0.15) is 48.5 Å². The van der Waals surface area contributed by atoms with Crippen molar-refractivity contribution < 1.29 is 4.74 Å². The van der Waals surface area contributed by atoms with Crippen molar-refractivity contribution >= 4 is 0 Å². The van der Waals surface area contributed by atoms with E-state index in [4.69, 9.17) is 4.74 Å². The Morgan fingerprint density at radius 1 is 1.10 bits per heavy atom. The SMILES string of the molecule is COc1ccc([C@@H](C)NC2CCCc3ccccc32)cc1. The number of benzene rings is 2. The first kappa shape index (κ1) is 14.2. The van der Waals surface area contributed by atoms with Crippen molar-refractivity contribution in [2.45, 2.75) is 38.3 Å². The highest BCUT2D eigenvalue weighted by Crippen LogP contribution is 2.31. The Morgan fingerprint density at radius 3 is 2.62 bits per heavy atom. The highest BCUT2D eigenvalue weighted by atomic mass is 16.5. The number of fused-ring (bicyclic) bond motifs is 1. The molecule has 2 aromatic carbocycles. The normalized spacial score (nSPS) is 18.9. The number of hydrogen-bond acceptors (Lipinski definition) is 2. The summed E-state index contributed by atoms with van der Waals surface area (Å²) in [6.45, 7) is 2.24. The molecule has 0 bridgehead atoms. The summed E-state index contributed by atoms with van der Waals surface area (Å²) in [7, 11) is 1.70. The molecule has 1 aliphatic rings. The van der Waals surface area contributed by atoms with Gasteiger partial charge in [0.1, 0.15) is 5.75 Å². The van der Waals surface area contributed by atoms with Crippen LogP contribution < -0.4 is 10.1 Å². The highest BCUT2D eigenvalue weighted by Gasteiger charge is 2.21. The average Bonchev–Trinajstić information content (AvgIpc) is 2.55. The Labute approximate surface area is 127 Å². The van der Waals surface area contributed by atoms with E-state index >= 15 is 0 Å². The predicted molar refractivity (Wildman–Crippen MR) is 86.7 cm³/mol. The number of methoxy groups -OCH3 is 1. The van der Waals surface area contributed by atoms with Crippen LogP contribution in [0.15, 0.2) is 48.5 Å². The lowest BCUT2D eigenvalue weighted by Crippen LogP contribution is -2.27.